The van der Waals surface area contributed by atoms with Gasteiger partial charge in [-0.15, -0.1) is 5.10 Å². The van der Waals surface area contributed by atoms with Crippen molar-refractivity contribution in [2.45, 2.75) is 32.2 Å². The molecule has 2 fully saturated rings. The van der Waals surface area contributed by atoms with Crippen molar-refractivity contribution in [3.63, 3.8) is 0 Å². The molecule has 2 aromatic heterocycles. The van der Waals surface area contributed by atoms with E-state index in [1.54, 1.807) is 10.9 Å². The minimum atomic E-state index is -0.0344. The molecule has 3 aromatic rings. The fourth-order valence-electron chi connectivity index (χ4n) is 4.80. The van der Waals surface area contributed by atoms with Gasteiger partial charge in [-0.3, -0.25) is 9.78 Å². The van der Waals surface area contributed by atoms with Crippen LogP contribution in [0.3, 0.4) is 0 Å². The van der Waals surface area contributed by atoms with Gasteiger partial charge in [-0.2, -0.15) is 0 Å². The number of nitrogens with zero attached hydrogens (tertiary/aromatic N) is 5. The summed E-state index contributed by atoms with van der Waals surface area (Å²) in [5.41, 5.74) is 9.29. The molecule has 1 aliphatic carbocycles. The highest BCUT2D eigenvalue weighted by molar-refractivity contribution is 5.93. The number of carbonyl (C=O) groups is 1. The first-order valence-electron chi connectivity index (χ1n) is 9.94. The monoisotopic (exact) mass is 376 g/mol. The van der Waals surface area contributed by atoms with Crippen LogP contribution in [0.4, 0.5) is 0 Å². The van der Waals surface area contributed by atoms with E-state index in [0.717, 1.165) is 48.2 Å². The maximum atomic E-state index is 13.1. The lowest BCUT2D eigenvalue weighted by Gasteiger charge is -2.29. The molecule has 2 N–H and O–H groups in total. The lowest BCUT2D eigenvalue weighted by atomic mass is 9.78. The van der Waals surface area contributed by atoms with E-state index < -0.39 is 0 Å². The van der Waals surface area contributed by atoms with Crippen LogP contribution in [0.5, 0.6) is 0 Å². The molecule has 5 rings (SSSR count). The zero-order chi connectivity index (χ0) is 19.3. The molecule has 28 heavy (non-hydrogen) atoms. The highest BCUT2D eigenvalue weighted by Gasteiger charge is 2.41. The number of likely N-dealkylation sites (tertiary alicyclic amines) is 1. The van der Waals surface area contributed by atoms with Gasteiger partial charge in [0, 0.05) is 30.7 Å². The van der Waals surface area contributed by atoms with Gasteiger partial charge in [0.1, 0.15) is 0 Å². The second-order valence-electron chi connectivity index (χ2n) is 8.04. The summed E-state index contributed by atoms with van der Waals surface area (Å²) in [6.45, 7) is 3.42. The van der Waals surface area contributed by atoms with E-state index >= 15 is 0 Å². The third-order valence-electron chi connectivity index (χ3n) is 6.37. The van der Waals surface area contributed by atoms with Crippen LogP contribution in [0, 0.1) is 18.8 Å². The van der Waals surface area contributed by atoms with E-state index in [1.807, 2.05) is 42.2 Å². The molecule has 1 amide bonds. The Labute approximate surface area is 163 Å². The quantitative estimate of drug-likeness (QED) is 0.741. The fourth-order valence-corrected chi connectivity index (χ4v) is 4.80. The third kappa shape index (κ3) is 2.77. The smallest absolute Gasteiger partial charge is 0.276 e. The highest BCUT2D eigenvalue weighted by atomic mass is 16.2. The number of amides is 1. The topological polar surface area (TPSA) is 89.9 Å². The Kier molecular flexibility index (Phi) is 4.12. The molecule has 1 saturated heterocycles. The number of benzene rings is 1. The van der Waals surface area contributed by atoms with Crippen molar-refractivity contribution in [3.05, 3.63) is 47.9 Å². The molecular weight excluding hydrogens is 352 g/mol. The van der Waals surface area contributed by atoms with Gasteiger partial charge in [-0.05, 0) is 55.9 Å². The van der Waals surface area contributed by atoms with Crippen molar-refractivity contribution < 1.29 is 4.79 Å². The van der Waals surface area contributed by atoms with Crippen LogP contribution in [-0.2, 0) is 0 Å². The molecular formula is C21H24N6O. The molecule has 0 radical (unpaired) electrons. The molecule has 3 heterocycles. The lowest BCUT2D eigenvalue weighted by Crippen LogP contribution is -2.38. The minimum Gasteiger partial charge on any atom is -0.337 e. The SMILES string of the molecule is Cc1c(C(=O)N2CC3CCCC(N)C3C2)nnn1-c1ccc2ncccc2c1. The van der Waals surface area contributed by atoms with Gasteiger partial charge < -0.3 is 10.6 Å². The Morgan fingerprint density at radius 2 is 2.11 bits per heavy atom. The van der Waals surface area contributed by atoms with Crippen molar-refractivity contribution in [2.75, 3.05) is 13.1 Å². The number of rotatable bonds is 2. The molecule has 3 atom stereocenters. The van der Waals surface area contributed by atoms with E-state index in [9.17, 15) is 4.79 Å². The summed E-state index contributed by atoms with van der Waals surface area (Å²) in [5, 5.41) is 9.52. The Hall–Kier alpha value is -2.80. The van der Waals surface area contributed by atoms with Crippen LogP contribution >= 0.6 is 0 Å². The van der Waals surface area contributed by atoms with E-state index in [2.05, 4.69) is 15.3 Å². The molecule has 1 saturated carbocycles. The Balaban J connectivity index is 1.42. The van der Waals surface area contributed by atoms with Crippen LogP contribution < -0.4 is 5.73 Å². The molecule has 1 aromatic carbocycles. The molecule has 0 spiro atoms. The number of carbonyl (C=O) groups excluding carboxylic acids is 1. The Morgan fingerprint density at radius 3 is 2.96 bits per heavy atom. The summed E-state index contributed by atoms with van der Waals surface area (Å²) in [5.74, 6) is 0.907. The number of fused-ring (bicyclic) bond motifs is 2. The standard InChI is InChI=1S/C21H24N6O/c1-13-20(21(28)26-11-15-4-2-6-18(22)17(15)12-26)24-25-27(13)16-7-8-19-14(10-16)5-3-9-23-19/h3,5,7-10,15,17-18H,2,4,6,11-12,22H2,1H3. The van der Waals surface area contributed by atoms with Gasteiger partial charge in [-0.25, -0.2) is 4.68 Å². The van der Waals surface area contributed by atoms with Crippen LogP contribution in [0.2, 0.25) is 0 Å². The van der Waals surface area contributed by atoms with Crippen molar-refractivity contribution in [2.24, 2.45) is 17.6 Å². The normalized spacial score (nSPS) is 24.5. The molecule has 144 valence electrons. The van der Waals surface area contributed by atoms with Crippen LogP contribution in [0.25, 0.3) is 16.6 Å². The van der Waals surface area contributed by atoms with Gasteiger partial charge in [0.25, 0.3) is 5.91 Å². The number of hydrogen-bond acceptors (Lipinski definition) is 5. The Bertz CT molecular complexity index is 1040. The van der Waals surface area contributed by atoms with E-state index in [1.165, 1.54) is 6.42 Å². The van der Waals surface area contributed by atoms with Crippen molar-refractivity contribution >= 4 is 16.8 Å². The molecule has 0 bridgehead atoms. The molecule has 7 heteroatoms. The summed E-state index contributed by atoms with van der Waals surface area (Å²) >= 11 is 0. The average Bonchev–Trinajstić information content (AvgIpc) is 3.32. The number of aromatic nitrogens is 4. The van der Waals surface area contributed by atoms with E-state index in [0.29, 0.717) is 17.5 Å². The minimum absolute atomic E-state index is 0.0344. The fraction of sp³-hybridized carbons (Fsp3) is 0.429. The highest BCUT2D eigenvalue weighted by Crippen LogP contribution is 2.36. The van der Waals surface area contributed by atoms with Crippen LogP contribution in [0.15, 0.2) is 36.5 Å². The average molecular weight is 376 g/mol. The summed E-state index contributed by atoms with van der Waals surface area (Å²) < 4.78 is 1.73. The maximum Gasteiger partial charge on any atom is 0.276 e. The summed E-state index contributed by atoms with van der Waals surface area (Å²) in [6.07, 6.45) is 5.17. The predicted octanol–water partition coefficient (Wildman–Crippen LogP) is 2.32. The zero-order valence-corrected chi connectivity index (χ0v) is 16.0. The van der Waals surface area contributed by atoms with Gasteiger partial charge in [0.2, 0.25) is 0 Å². The van der Waals surface area contributed by atoms with Gasteiger partial charge in [-0.1, -0.05) is 17.7 Å². The number of hydrogen-bond donors (Lipinski definition) is 1. The number of nitrogens with two attached hydrogens (primary N) is 1. The molecule has 7 nitrogen and oxygen atoms in total. The molecule has 3 unspecified atom stereocenters. The van der Waals surface area contributed by atoms with Crippen LogP contribution in [-0.4, -0.2) is 49.9 Å². The lowest BCUT2D eigenvalue weighted by molar-refractivity contribution is 0.0777. The molecule has 1 aliphatic heterocycles. The summed E-state index contributed by atoms with van der Waals surface area (Å²) in [7, 11) is 0. The summed E-state index contributed by atoms with van der Waals surface area (Å²) in [4.78, 5) is 19.4. The first-order chi connectivity index (χ1) is 13.6. The van der Waals surface area contributed by atoms with Gasteiger partial charge in [0.15, 0.2) is 5.69 Å². The first-order valence-corrected chi connectivity index (χ1v) is 9.94. The second kappa shape index (κ2) is 6.67. The molecule has 2 aliphatic rings. The first kappa shape index (κ1) is 17.3. The van der Waals surface area contributed by atoms with Gasteiger partial charge in [0.05, 0.1) is 16.9 Å². The van der Waals surface area contributed by atoms with Crippen molar-refractivity contribution in [3.8, 4) is 5.69 Å². The van der Waals surface area contributed by atoms with Crippen LogP contribution in [0.1, 0.15) is 35.4 Å². The second-order valence-corrected chi connectivity index (χ2v) is 8.04. The van der Waals surface area contributed by atoms with Crippen molar-refractivity contribution in [1.82, 2.24) is 24.9 Å². The summed E-state index contributed by atoms with van der Waals surface area (Å²) in [6, 6.07) is 10.1. The predicted molar refractivity (Wildman–Crippen MR) is 106 cm³/mol. The van der Waals surface area contributed by atoms with E-state index in [-0.39, 0.29) is 11.9 Å². The largest absolute Gasteiger partial charge is 0.337 e. The van der Waals surface area contributed by atoms with Crippen molar-refractivity contribution in [1.29, 1.82) is 0 Å². The Morgan fingerprint density at radius 1 is 1.21 bits per heavy atom. The maximum absolute atomic E-state index is 13.1. The van der Waals surface area contributed by atoms with Gasteiger partial charge >= 0.3 is 0 Å². The number of pyridine rings is 1. The zero-order valence-electron chi connectivity index (χ0n) is 16.0. The van der Waals surface area contributed by atoms with E-state index in [4.69, 9.17) is 5.73 Å². The third-order valence-corrected chi connectivity index (χ3v) is 6.37.